The topological polar surface area (TPSA) is 107 Å². The molecule has 0 spiro atoms. The van der Waals surface area contributed by atoms with Crippen LogP contribution in [0.1, 0.15) is 6.92 Å². The monoisotopic (exact) mass is 397 g/mol. The van der Waals surface area contributed by atoms with Gasteiger partial charge in [0.25, 0.3) is 0 Å². The molecule has 1 heterocycles. The van der Waals surface area contributed by atoms with Crippen molar-refractivity contribution in [2.75, 3.05) is 46.8 Å². The largest absolute Gasteiger partial charge is 0.463 e. The maximum atomic E-state index is 10.3. The number of nitrogens with zero attached hydrogens (tertiary/aromatic N) is 1. The summed E-state index contributed by atoms with van der Waals surface area (Å²) in [6.45, 7) is 18.2. The van der Waals surface area contributed by atoms with E-state index >= 15 is 0 Å². The van der Waals surface area contributed by atoms with E-state index in [0.717, 1.165) is 25.4 Å². The molecule has 0 saturated carbocycles. The van der Waals surface area contributed by atoms with Crippen LogP contribution in [-0.4, -0.2) is 64.8 Å². The highest BCUT2D eigenvalue weighted by atomic mass is 16.6. The lowest BCUT2D eigenvalue weighted by Crippen LogP contribution is -2.06. The molecule has 8 heteroatoms. The third-order valence-corrected chi connectivity index (χ3v) is 2.18. The van der Waals surface area contributed by atoms with Gasteiger partial charge < -0.3 is 23.7 Å². The third kappa shape index (κ3) is 34.6. The highest BCUT2D eigenvalue weighted by Crippen LogP contribution is 2.07. The average Bonchev–Trinajstić information content (AvgIpc) is 3.54. The van der Waals surface area contributed by atoms with E-state index in [-0.39, 0.29) is 5.97 Å². The van der Waals surface area contributed by atoms with Crippen LogP contribution in [0.4, 0.5) is 0 Å². The van der Waals surface area contributed by atoms with Crippen LogP contribution in [0, 0.1) is 11.3 Å². The predicted octanol–water partition coefficient (Wildman–Crippen LogP) is 2.38. The second kappa shape index (κ2) is 26.5. The molecule has 1 atom stereocenters. The SMILES string of the molecule is C=CC#N.C=CC(=O)OCC.C=CC(=O)OCCOC.C=CCOCC1CO1. The van der Waals surface area contributed by atoms with Crippen molar-refractivity contribution in [1.29, 1.82) is 5.26 Å². The van der Waals surface area contributed by atoms with Crippen LogP contribution in [0.5, 0.6) is 0 Å². The van der Waals surface area contributed by atoms with Crippen molar-refractivity contribution in [3.8, 4) is 6.07 Å². The quantitative estimate of drug-likeness (QED) is 0.138. The van der Waals surface area contributed by atoms with Crippen molar-refractivity contribution in [2.45, 2.75) is 13.0 Å². The molecule has 0 radical (unpaired) electrons. The van der Waals surface area contributed by atoms with Gasteiger partial charge >= 0.3 is 11.9 Å². The van der Waals surface area contributed by atoms with Gasteiger partial charge in [-0.25, -0.2) is 9.59 Å². The minimum Gasteiger partial charge on any atom is -0.463 e. The smallest absolute Gasteiger partial charge is 0.330 e. The molecule has 0 bridgehead atoms. The zero-order chi connectivity index (χ0) is 22.0. The summed E-state index contributed by atoms with van der Waals surface area (Å²) in [5.41, 5.74) is 0. The number of nitriles is 1. The molecule has 8 nitrogen and oxygen atoms in total. The molecular weight excluding hydrogens is 366 g/mol. The molecule has 1 fully saturated rings. The number of carbonyl (C=O) groups excluding carboxylic acids is 2. The Labute approximate surface area is 167 Å². The molecule has 158 valence electrons. The van der Waals surface area contributed by atoms with E-state index in [1.807, 2.05) is 0 Å². The first-order valence-corrected chi connectivity index (χ1v) is 8.35. The molecule has 0 aromatic rings. The average molecular weight is 397 g/mol. The van der Waals surface area contributed by atoms with Gasteiger partial charge in [0.05, 0.1) is 39.1 Å². The normalized spacial score (nSPS) is 12.4. The van der Waals surface area contributed by atoms with E-state index < -0.39 is 5.97 Å². The fourth-order valence-electron chi connectivity index (χ4n) is 0.933. The van der Waals surface area contributed by atoms with Crippen LogP contribution in [0.3, 0.4) is 0 Å². The van der Waals surface area contributed by atoms with Crippen LogP contribution in [0.25, 0.3) is 0 Å². The van der Waals surface area contributed by atoms with Gasteiger partial charge in [-0.2, -0.15) is 5.26 Å². The second-order valence-corrected chi connectivity index (χ2v) is 4.44. The van der Waals surface area contributed by atoms with Crippen LogP contribution >= 0.6 is 0 Å². The number of carbonyl (C=O) groups is 2. The number of hydrogen-bond donors (Lipinski definition) is 0. The Hall–Kier alpha value is -2.73. The molecular formula is C20H31NO7. The number of methoxy groups -OCH3 is 1. The lowest BCUT2D eigenvalue weighted by atomic mass is 10.5. The zero-order valence-corrected chi connectivity index (χ0v) is 16.8. The molecule has 0 aliphatic carbocycles. The summed E-state index contributed by atoms with van der Waals surface area (Å²) >= 11 is 0. The summed E-state index contributed by atoms with van der Waals surface area (Å²) in [7, 11) is 1.54. The summed E-state index contributed by atoms with van der Waals surface area (Å²) in [6.07, 6.45) is 5.57. The molecule has 1 aliphatic heterocycles. The van der Waals surface area contributed by atoms with Crippen molar-refractivity contribution in [1.82, 2.24) is 0 Å². The van der Waals surface area contributed by atoms with Crippen LogP contribution in [0.15, 0.2) is 50.6 Å². The first-order valence-electron chi connectivity index (χ1n) is 8.35. The van der Waals surface area contributed by atoms with Crippen LogP contribution in [0.2, 0.25) is 0 Å². The van der Waals surface area contributed by atoms with E-state index in [0.29, 0.717) is 32.5 Å². The van der Waals surface area contributed by atoms with Crippen molar-refractivity contribution in [3.05, 3.63) is 50.6 Å². The van der Waals surface area contributed by atoms with Crippen LogP contribution < -0.4 is 0 Å². The standard InChI is InChI=1S/C6H10O3.C6H10O2.C5H8O2.C3H3N/c1-3-6(7)9-5-4-8-2;1-2-3-7-4-6-5-8-6;1-3-5(6)7-4-2;1-2-3-4/h3H,1,4-5H2,2H3;2,6H,1,3-5H2;3H,1,4H2,2H3;2H,1H2. The summed E-state index contributed by atoms with van der Waals surface area (Å²) in [6, 6.07) is 1.69. The van der Waals surface area contributed by atoms with Gasteiger partial charge in [0.1, 0.15) is 12.7 Å². The minimum atomic E-state index is -0.410. The summed E-state index contributed by atoms with van der Waals surface area (Å²) in [4.78, 5) is 20.4. The molecule has 28 heavy (non-hydrogen) atoms. The maximum absolute atomic E-state index is 10.3. The van der Waals surface area contributed by atoms with Gasteiger partial charge in [0.15, 0.2) is 0 Å². The van der Waals surface area contributed by atoms with E-state index in [1.165, 1.54) is 6.08 Å². The Morgan fingerprint density at radius 3 is 2.00 bits per heavy atom. The molecule has 1 unspecified atom stereocenters. The van der Waals surface area contributed by atoms with E-state index in [1.54, 1.807) is 26.2 Å². The number of epoxide rings is 1. The highest BCUT2D eigenvalue weighted by molar-refractivity contribution is 5.81. The second-order valence-electron chi connectivity index (χ2n) is 4.44. The van der Waals surface area contributed by atoms with E-state index in [2.05, 4.69) is 40.5 Å². The van der Waals surface area contributed by atoms with Gasteiger partial charge in [-0.05, 0) is 6.92 Å². The molecule has 0 aromatic heterocycles. The third-order valence-electron chi connectivity index (χ3n) is 2.18. The van der Waals surface area contributed by atoms with Gasteiger partial charge in [-0.3, -0.25) is 0 Å². The van der Waals surface area contributed by atoms with Gasteiger partial charge in [-0.15, -0.1) is 6.58 Å². The summed E-state index contributed by atoms with van der Waals surface area (Å²) < 4.78 is 23.6. The van der Waals surface area contributed by atoms with Crippen molar-refractivity contribution >= 4 is 11.9 Å². The van der Waals surface area contributed by atoms with Crippen molar-refractivity contribution in [3.63, 3.8) is 0 Å². The number of ether oxygens (including phenoxy) is 5. The lowest BCUT2D eigenvalue weighted by Gasteiger charge is -1.98. The predicted molar refractivity (Wildman–Crippen MR) is 106 cm³/mol. The summed E-state index contributed by atoms with van der Waals surface area (Å²) in [5.74, 6) is -0.769. The number of esters is 2. The van der Waals surface area contributed by atoms with Crippen molar-refractivity contribution in [2.24, 2.45) is 0 Å². The molecule has 1 saturated heterocycles. The molecule has 0 N–H and O–H groups in total. The molecule has 0 amide bonds. The van der Waals surface area contributed by atoms with Gasteiger partial charge in [0.2, 0.25) is 0 Å². The first-order chi connectivity index (χ1) is 13.5. The van der Waals surface area contributed by atoms with E-state index in [9.17, 15) is 9.59 Å². The maximum Gasteiger partial charge on any atom is 0.330 e. The number of allylic oxidation sites excluding steroid dienone is 1. The molecule has 0 aromatic carbocycles. The Balaban J connectivity index is -0.000000308. The fourth-order valence-corrected chi connectivity index (χ4v) is 0.933. The summed E-state index contributed by atoms with van der Waals surface area (Å²) in [5, 5.41) is 7.51. The Bertz CT molecular complexity index is 479. The molecule has 1 rings (SSSR count). The zero-order valence-electron chi connectivity index (χ0n) is 16.8. The van der Waals surface area contributed by atoms with Gasteiger partial charge in [-0.1, -0.05) is 25.8 Å². The Morgan fingerprint density at radius 1 is 1.14 bits per heavy atom. The van der Waals surface area contributed by atoms with E-state index in [4.69, 9.17) is 14.7 Å². The number of rotatable bonds is 10. The Morgan fingerprint density at radius 2 is 1.68 bits per heavy atom. The van der Waals surface area contributed by atoms with Crippen molar-refractivity contribution < 1.29 is 33.3 Å². The minimum absolute atomic E-state index is 0.293. The van der Waals surface area contributed by atoms with Gasteiger partial charge in [0, 0.05) is 25.3 Å². The number of hydrogen-bond acceptors (Lipinski definition) is 8. The molecule has 1 aliphatic rings. The van der Waals surface area contributed by atoms with Crippen LogP contribution in [-0.2, 0) is 33.3 Å². The fraction of sp³-hybridized carbons (Fsp3) is 0.450. The lowest BCUT2D eigenvalue weighted by molar-refractivity contribution is -0.139. The first kappa shape index (κ1) is 30.0. The Kier molecular flexibility index (Phi) is 28.4. The highest BCUT2D eigenvalue weighted by Gasteiger charge is 2.21.